The summed E-state index contributed by atoms with van der Waals surface area (Å²) in [5.41, 5.74) is 2.16. The van der Waals surface area contributed by atoms with Gasteiger partial charge in [0.1, 0.15) is 11.5 Å². The summed E-state index contributed by atoms with van der Waals surface area (Å²) < 4.78 is 12.4. The fraction of sp³-hybridized carbons (Fsp3) is 0.400. The molecule has 1 fully saturated rings. The van der Waals surface area contributed by atoms with E-state index in [9.17, 15) is 0 Å². The van der Waals surface area contributed by atoms with Gasteiger partial charge in [-0.1, -0.05) is 27.5 Å². The number of hydrogen-bond acceptors (Lipinski definition) is 4. The van der Waals surface area contributed by atoms with E-state index < -0.39 is 0 Å². The van der Waals surface area contributed by atoms with Gasteiger partial charge in [-0.3, -0.25) is 4.90 Å². The number of methoxy groups -OCH3 is 2. The third-order valence-corrected chi connectivity index (χ3v) is 5.44. The van der Waals surface area contributed by atoms with Gasteiger partial charge in [-0.15, -0.1) is 0 Å². The number of halogens is 2. The first-order valence-electron chi connectivity index (χ1n) is 8.75. The normalized spacial score (nSPS) is 16.8. The monoisotopic (exact) mass is 438 g/mol. The summed E-state index contributed by atoms with van der Waals surface area (Å²) in [6.07, 6.45) is 1.09. The molecule has 0 spiro atoms. The van der Waals surface area contributed by atoms with Gasteiger partial charge in [-0.25, -0.2) is 0 Å². The van der Waals surface area contributed by atoms with Crippen molar-refractivity contribution in [2.75, 3.05) is 40.4 Å². The van der Waals surface area contributed by atoms with Crippen LogP contribution < -0.4 is 14.8 Å². The molecule has 0 saturated carbocycles. The van der Waals surface area contributed by atoms with Crippen molar-refractivity contribution in [1.82, 2.24) is 10.2 Å². The predicted octanol–water partition coefficient (Wildman–Crippen LogP) is 4.50. The lowest BCUT2D eigenvalue weighted by molar-refractivity contribution is 0.231. The maximum Gasteiger partial charge on any atom is 0.124 e. The van der Waals surface area contributed by atoms with Crippen molar-refractivity contribution in [2.45, 2.75) is 12.5 Å². The summed E-state index contributed by atoms with van der Waals surface area (Å²) in [7, 11) is 3.41. The Labute approximate surface area is 168 Å². The van der Waals surface area contributed by atoms with Crippen LogP contribution in [0, 0.1) is 0 Å². The van der Waals surface area contributed by atoms with Gasteiger partial charge in [0, 0.05) is 40.3 Å². The maximum absolute atomic E-state index is 6.35. The van der Waals surface area contributed by atoms with E-state index in [0.29, 0.717) is 5.02 Å². The van der Waals surface area contributed by atoms with Gasteiger partial charge in [0.05, 0.1) is 20.3 Å². The Bertz CT molecular complexity index is 695. The molecule has 1 unspecified atom stereocenters. The predicted molar refractivity (Wildman–Crippen MR) is 110 cm³/mol. The molecule has 0 aromatic heterocycles. The van der Waals surface area contributed by atoms with Crippen LogP contribution in [0.5, 0.6) is 11.5 Å². The number of benzene rings is 2. The molecule has 1 heterocycles. The topological polar surface area (TPSA) is 33.7 Å². The first kappa shape index (κ1) is 19.5. The van der Waals surface area contributed by atoms with E-state index in [1.807, 2.05) is 30.3 Å². The lowest BCUT2D eigenvalue weighted by Gasteiger charge is -2.33. The van der Waals surface area contributed by atoms with Crippen LogP contribution in [-0.4, -0.2) is 45.3 Å². The second-order valence-corrected chi connectivity index (χ2v) is 7.67. The van der Waals surface area contributed by atoms with Gasteiger partial charge < -0.3 is 14.8 Å². The van der Waals surface area contributed by atoms with Crippen molar-refractivity contribution < 1.29 is 9.47 Å². The Morgan fingerprint density at radius 3 is 2.42 bits per heavy atom. The molecule has 4 nitrogen and oxygen atoms in total. The number of nitrogens with one attached hydrogen (secondary N) is 1. The molecule has 0 bridgehead atoms. The molecule has 26 heavy (non-hydrogen) atoms. The van der Waals surface area contributed by atoms with Crippen LogP contribution in [0.2, 0.25) is 5.02 Å². The molecule has 0 aliphatic carbocycles. The number of rotatable bonds is 5. The van der Waals surface area contributed by atoms with Crippen molar-refractivity contribution in [3.63, 3.8) is 0 Å². The average Bonchev–Trinajstić information content (AvgIpc) is 2.92. The number of hydrogen-bond donors (Lipinski definition) is 1. The van der Waals surface area contributed by atoms with E-state index in [1.54, 1.807) is 14.2 Å². The van der Waals surface area contributed by atoms with Crippen LogP contribution in [0.4, 0.5) is 0 Å². The van der Waals surface area contributed by atoms with Gasteiger partial charge in [0.15, 0.2) is 0 Å². The second kappa shape index (κ2) is 9.09. The lowest BCUT2D eigenvalue weighted by atomic mass is 9.95. The fourth-order valence-electron chi connectivity index (χ4n) is 3.52. The minimum atomic E-state index is -0.00370. The molecule has 1 atom stereocenters. The third-order valence-electron chi connectivity index (χ3n) is 4.71. The van der Waals surface area contributed by atoms with Crippen LogP contribution in [0.25, 0.3) is 0 Å². The van der Waals surface area contributed by atoms with Gasteiger partial charge in [0.25, 0.3) is 0 Å². The number of nitrogens with zero attached hydrogens (tertiary/aromatic N) is 1. The van der Waals surface area contributed by atoms with Crippen molar-refractivity contribution in [1.29, 1.82) is 0 Å². The highest BCUT2D eigenvalue weighted by molar-refractivity contribution is 9.10. The second-order valence-electron chi connectivity index (χ2n) is 6.31. The summed E-state index contributed by atoms with van der Waals surface area (Å²) in [6, 6.07) is 11.9. The Morgan fingerprint density at radius 2 is 1.69 bits per heavy atom. The molecule has 6 heteroatoms. The Kier molecular flexibility index (Phi) is 6.81. The first-order chi connectivity index (χ1) is 12.6. The van der Waals surface area contributed by atoms with Gasteiger partial charge in [-0.05, 0) is 49.4 Å². The minimum absolute atomic E-state index is 0.00370. The quantitative estimate of drug-likeness (QED) is 0.743. The summed E-state index contributed by atoms with van der Waals surface area (Å²) in [5.74, 6) is 1.69. The van der Waals surface area contributed by atoms with E-state index in [4.69, 9.17) is 21.1 Å². The molecule has 1 saturated heterocycles. The van der Waals surface area contributed by atoms with E-state index in [-0.39, 0.29) is 6.04 Å². The highest BCUT2D eigenvalue weighted by Crippen LogP contribution is 2.41. The first-order valence-corrected chi connectivity index (χ1v) is 9.92. The molecule has 3 rings (SSSR count). The van der Waals surface area contributed by atoms with Gasteiger partial charge >= 0.3 is 0 Å². The van der Waals surface area contributed by atoms with Crippen molar-refractivity contribution in [2.24, 2.45) is 0 Å². The zero-order valence-electron chi connectivity index (χ0n) is 15.1. The Morgan fingerprint density at radius 1 is 1.00 bits per heavy atom. The molecule has 140 valence electrons. The van der Waals surface area contributed by atoms with E-state index in [1.165, 1.54) is 0 Å². The zero-order chi connectivity index (χ0) is 18.5. The van der Waals surface area contributed by atoms with Crippen molar-refractivity contribution in [3.05, 3.63) is 57.0 Å². The van der Waals surface area contributed by atoms with Gasteiger partial charge in [-0.2, -0.15) is 0 Å². The third kappa shape index (κ3) is 4.34. The molecule has 2 aromatic rings. The van der Waals surface area contributed by atoms with Crippen LogP contribution in [0.15, 0.2) is 40.9 Å². The smallest absolute Gasteiger partial charge is 0.124 e. The molecule has 1 aliphatic rings. The SMILES string of the molecule is COc1ccc(Cl)cc1C(c1cc(Br)ccc1OC)N1CCCNCC1. The highest BCUT2D eigenvalue weighted by atomic mass is 79.9. The average molecular weight is 440 g/mol. The molecule has 2 aromatic carbocycles. The van der Waals surface area contributed by atoms with E-state index in [0.717, 1.165) is 59.7 Å². The zero-order valence-corrected chi connectivity index (χ0v) is 17.4. The standard InChI is InChI=1S/C20H24BrClN2O2/c1-25-18-6-4-14(21)12-16(18)20(24-10-3-8-23-9-11-24)17-13-15(22)5-7-19(17)26-2/h4-7,12-13,20,23H,3,8-11H2,1-2H3. The molecule has 1 aliphatic heterocycles. The van der Waals surface area contributed by atoms with E-state index in [2.05, 4.69) is 32.2 Å². The van der Waals surface area contributed by atoms with Crippen LogP contribution >= 0.6 is 27.5 Å². The molecular formula is C20H24BrClN2O2. The molecule has 0 amide bonds. The largest absolute Gasteiger partial charge is 0.496 e. The fourth-order valence-corrected chi connectivity index (χ4v) is 4.08. The van der Waals surface area contributed by atoms with Crippen LogP contribution in [-0.2, 0) is 0 Å². The number of ether oxygens (including phenoxy) is 2. The highest BCUT2D eigenvalue weighted by Gasteiger charge is 2.29. The summed E-state index contributed by atoms with van der Waals surface area (Å²) in [5, 5.41) is 4.18. The summed E-state index contributed by atoms with van der Waals surface area (Å²) >= 11 is 9.97. The Balaban J connectivity index is 2.17. The summed E-state index contributed by atoms with van der Waals surface area (Å²) in [4.78, 5) is 2.47. The van der Waals surface area contributed by atoms with E-state index >= 15 is 0 Å². The lowest BCUT2D eigenvalue weighted by Crippen LogP contribution is -2.33. The van der Waals surface area contributed by atoms with Crippen LogP contribution in [0.1, 0.15) is 23.6 Å². The summed E-state index contributed by atoms with van der Waals surface area (Å²) in [6.45, 7) is 3.92. The van der Waals surface area contributed by atoms with Crippen molar-refractivity contribution in [3.8, 4) is 11.5 Å². The molecular weight excluding hydrogens is 416 g/mol. The minimum Gasteiger partial charge on any atom is -0.496 e. The maximum atomic E-state index is 6.35. The van der Waals surface area contributed by atoms with Crippen molar-refractivity contribution >= 4 is 27.5 Å². The van der Waals surface area contributed by atoms with Gasteiger partial charge in [0.2, 0.25) is 0 Å². The Hall–Kier alpha value is -1.27. The molecule has 1 N–H and O–H groups in total. The van der Waals surface area contributed by atoms with Crippen LogP contribution in [0.3, 0.4) is 0 Å². The molecule has 0 radical (unpaired) electrons.